The lowest BCUT2D eigenvalue weighted by Gasteiger charge is -2.27. The lowest BCUT2D eigenvalue weighted by Crippen LogP contribution is -2.36. The average molecular weight is 388 g/mol. The highest BCUT2D eigenvalue weighted by molar-refractivity contribution is 9.10. The fourth-order valence-corrected chi connectivity index (χ4v) is 3.14. The van der Waals surface area contributed by atoms with Gasteiger partial charge in [0, 0.05) is 30.0 Å². The number of hydrogen-bond donors (Lipinski definition) is 1. The van der Waals surface area contributed by atoms with E-state index in [-0.39, 0.29) is 11.8 Å². The molecule has 0 saturated carbocycles. The summed E-state index contributed by atoms with van der Waals surface area (Å²) in [7, 11) is 0. The fraction of sp³-hybridized carbons (Fsp3) is 0.278. The predicted octanol–water partition coefficient (Wildman–Crippen LogP) is 3.72. The van der Waals surface area contributed by atoms with Crippen molar-refractivity contribution in [2.75, 3.05) is 18.4 Å². The van der Waals surface area contributed by atoms with Crippen LogP contribution in [0, 0.1) is 0 Å². The van der Waals surface area contributed by atoms with E-state index in [9.17, 15) is 9.59 Å². The highest BCUT2D eigenvalue weighted by Crippen LogP contribution is 2.21. The number of piperidine rings is 1. The van der Waals surface area contributed by atoms with Gasteiger partial charge in [-0.25, -0.2) is 0 Å². The van der Waals surface area contributed by atoms with E-state index in [1.165, 1.54) is 6.20 Å². The van der Waals surface area contributed by atoms with Crippen LogP contribution < -0.4 is 5.32 Å². The minimum Gasteiger partial charge on any atom is -0.339 e. The maximum atomic E-state index is 12.7. The minimum atomic E-state index is -0.289. The summed E-state index contributed by atoms with van der Waals surface area (Å²) in [5.41, 5.74) is 1.48. The Kier molecular flexibility index (Phi) is 5.25. The first-order valence-electron chi connectivity index (χ1n) is 7.95. The van der Waals surface area contributed by atoms with Crippen LogP contribution in [0.3, 0.4) is 0 Å². The van der Waals surface area contributed by atoms with Gasteiger partial charge in [0.25, 0.3) is 11.8 Å². The summed E-state index contributed by atoms with van der Waals surface area (Å²) in [5, 5.41) is 2.83. The second-order valence-electron chi connectivity index (χ2n) is 5.74. The van der Waals surface area contributed by atoms with Gasteiger partial charge in [-0.15, -0.1) is 0 Å². The van der Waals surface area contributed by atoms with E-state index in [2.05, 4.69) is 26.2 Å². The smallest absolute Gasteiger partial charge is 0.257 e. The number of aromatic nitrogens is 1. The zero-order chi connectivity index (χ0) is 16.9. The zero-order valence-electron chi connectivity index (χ0n) is 13.2. The molecule has 24 heavy (non-hydrogen) atoms. The molecule has 6 heteroatoms. The number of benzene rings is 1. The van der Waals surface area contributed by atoms with Crippen molar-refractivity contribution < 1.29 is 9.59 Å². The van der Waals surface area contributed by atoms with Gasteiger partial charge in [0.05, 0.1) is 16.8 Å². The van der Waals surface area contributed by atoms with Gasteiger partial charge in [-0.1, -0.05) is 12.1 Å². The Balaban J connectivity index is 1.81. The van der Waals surface area contributed by atoms with Gasteiger partial charge < -0.3 is 10.2 Å². The molecule has 2 heterocycles. The number of nitrogens with zero attached hydrogens (tertiary/aromatic N) is 2. The molecule has 0 radical (unpaired) electrons. The molecule has 0 atom stereocenters. The maximum absolute atomic E-state index is 12.7. The number of carbonyl (C=O) groups is 2. The molecule has 1 aliphatic rings. The summed E-state index contributed by atoms with van der Waals surface area (Å²) >= 11 is 3.30. The number of halogens is 1. The highest BCUT2D eigenvalue weighted by atomic mass is 79.9. The van der Waals surface area contributed by atoms with Crippen molar-refractivity contribution >= 4 is 33.4 Å². The van der Waals surface area contributed by atoms with Crippen LogP contribution in [0.15, 0.2) is 47.2 Å². The molecule has 1 saturated heterocycles. The Morgan fingerprint density at radius 1 is 1.08 bits per heavy atom. The molecular formula is C18H18BrN3O2. The van der Waals surface area contributed by atoms with Crippen LogP contribution in [0.25, 0.3) is 0 Å². The van der Waals surface area contributed by atoms with E-state index in [1.54, 1.807) is 24.4 Å². The van der Waals surface area contributed by atoms with Crippen molar-refractivity contribution in [1.29, 1.82) is 0 Å². The highest BCUT2D eigenvalue weighted by Gasteiger charge is 2.21. The first-order chi connectivity index (χ1) is 11.6. The molecule has 0 unspecified atom stereocenters. The maximum Gasteiger partial charge on any atom is 0.257 e. The lowest BCUT2D eigenvalue weighted by atomic mass is 10.1. The molecular weight excluding hydrogens is 370 g/mol. The average Bonchev–Trinajstić information content (AvgIpc) is 2.62. The minimum absolute atomic E-state index is 0.0297. The summed E-state index contributed by atoms with van der Waals surface area (Å²) in [6.07, 6.45) is 6.34. The summed E-state index contributed by atoms with van der Waals surface area (Å²) in [6, 6.07) is 8.82. The zero-order valence-corrected chi connectivity index (χ0v) is 14.8. The van der Waals surface area contributed by atoms with E-state index < -0.39 is 0 Å². The molecule has 0 aliphatic carbocycles. The van der Waals surface area contributed by atoms with Crippen LogP contribution >= 0.6 is 15.9 Å². The standard InChI is InChI=1S/C18H18BrN3O2/c19-14-10-13(11-20-12-14)17(23)21-16-7-3-2-6-15(16)18(24)22-8-4-1-5-9-22/h2-3,6-7,10-12H,1,4-5,8-9H2,(H,21,23). The second kappa shape index (κ2) is 7.57. The summed E-state index contributed by atoms with van der Waals surface area (Å²) < 4.78 is 0.729. The third kappa shape index (κ3) is 3.82. The topological polar surface area (TPSA) is 62.3 Å². The Morgan fingerprint density at radius 3 is 2.58 bits per heavy atom. The van der Waals surface area contributed by atoms with Crippen molar-refractivity contribution in [3.8, 4) is 0 Å². The van der Waals surface area contributed by atoms with Crippen molar-refractivity contribution in [3.63, 3.8) is 0 Å². The quantitative estimate of drug-likeness (QED) is 0.872. The van der Waals surface area contributed by atoms with E-state index >= 15 is 0 Å². The third-order valence-corrected chi connectivity index (χ3v) is 4.45. The SMILES string of the molecule is O=C(Nc1ccccc1C(=O)N1CCCCC1)c1cncc(Br)c1. The first kappa shape index (κ1) is 16.6. The van der Waals surface area contributed by atoms with Crippen LogP contribution in [-0.4, -0.2) is 34.8 Å². The molecule has 1 aromatic heterocycles. The van der Waals surface area contributed by atoms with Gasteiger partial charge >= 0.3 is 0 Å². The molecule has 3 rings (SSSR count). The molecule has 5 nitrogen and oxygen atoms in total. The monoisotopic (exact) mass is 387 g/mol. The Morgan fingerprint density at radius 2 is 1.83 bits per heavy atom. The van der Waals surface area contributed by atoms with Gasteiger partial charge in [-0.05, 0) is 53.4 Å². The van der Waals surface area contributed by atoms with Gasteiger partial charge in [-0.3, -0.25) is 14.6 Å². The molecule has 2 aromatic rings. The number of likely N-dealkylation sites (tertiary alicyclic amines) is 1. The molecule has 1 aliphatic heterocycles. The van der Waals surface area contributed by atoms with Gasteiger partial charge in [0.2, 0.25) is 0 Å². The Hall–Kier alpha value is -2.21. The number of pyridine rings is 1. The van der Waals surface area contributed by atoms with Gasteiger partial charge in [-0.2, -0.15) is 0 Å². The van der Waals surface area contributed by atoms with Crippen LogP contribution in [0.5, 0.6) is 0 Å². The number of anilines is 1. The molecule has 1 fully saturated rings. The van der Waals surface area contributed by atoms with Gasteiger partial charge in [0.1, 0.15) is 0 Å². The van der Waals surface area contributed by atoms with E-state index in [1.807, 2.05) is 17.0 Å². The summed E-state index contributed by atoms with van der Waals surface area (Å²) in [4.78, 5) is 31.0. The molecule has 1 aromatic carbocycles. The molecule has 2 amide bonds. The number of hydrogen-bond acceptors (Lipinski definition) is 3. The lowest BCUT2D eigenvalue weighted by molar-refractivity contribution is 0.0725. The third-order valence-electron chi connectivity index (χ3n) is 4.02. The molecule has 124 valence electrons. The fourth-order valence-electron chi connectivity index (χ4n) is 2.78. The number of nitrogens with one attached hydrogen (secondary N) is 1. The van der Waals surface area contributed by atoms with E-state index in [4.69, 9.17) is 0 Å². The first-order valence-corrected chi connectivity index (χ1v) is 8.74. The van der Waals surface area contributed by atoms with Crippen LogP contribution in [-0.2, 0) is 0 Å². The summed E-state index contributed by atoms with van der Waals surface area (Å²) in [6.45, 7) is 1.55. The Bertz CT molecular complexity index is 757. The van der Waals surface area contributed by atoms with Gasteiger partial charge in [0.15, 0.2) is 0 Å². The number of carbonyl (C=O) groups excluding carboxylic acids is 2. The van der Waals surface area contributed by atoms with E-state index in [0.29, 0.717) is 16.8 Å². The molecule has 0 bridgehead atoms. The van der Waals surface area contributed by atoms with Crippen molar-refractivity contribution in [1.82, 2.24) is 9.88 Å². The second-order valence-corrected chi connectivity index (χ2v) is 6.66. The van der Waals surface area contributed by atoms with Crippen molar-refractivity contribution in [2.24, 2.45) is 0 Å². The van der Waals surface area contributed by atoms with E-state index in [0.717, 1.165) is 36.8 Å². The summed E-state index contributed by atoms with van der Waals surface area (Å²) in [5.74, 6) is -0.319. The largest absolute Gasteiger partial charge is 0.339 e. The predicted molar refractivity (Wildman–Crippen MR) is 96.1 cm³/mol. The Labute approximate surface area is 149 Å². The van der Waals surface area contributed by atoms with Crippen molar-refractivity contribution in [3.05, 3.63) is 58.3 Å². The molecule has 1 N–H and O–H groups in total. The number of para-hydroxylation sites is 1. The van der Waals surface area contributed by atoms with Crippen LogP contribution in [0.2, 0.25) is 0 Å². The number of amides is 2. The van der Waals surface area contributed by atoms with Crippen LogP contribution in [0.4, 0.5) is 5.69 Å². The number of rotatable bonds is 3. The van der Waals surface area contributed by atoms with Crippen molar-refractivity contribution in [2.45, 2.75) is 19.3 Å². The molecule has 0 spiro atoms. The van der Waals surface area contributed by atoms with Crippen LogP contribution in [0.1, 0.15) is 40.0 Å². The normalized spacial score (nSPS) is 14.3.